The monoisotopic (exact) mass is 1360 g/mol. The zero-order valence-corrected chi connectivity index (χ0v) is 56.4. The van der Waals surface area contributed by atoms with Gasteiger partial charge in [0.25, 0.3) is 6.33 Å². The first-order valence-electron chi connectivity index (χ1n) is 50.6. The zero-order chi connectivity index (χ0) is 101. The molecule has 0 radical (unpaired) electrons. The molecule has 100 heavy (non-hydrogen) atoms. The molecule has 5 nitrogen and oxygen atoms in total. The van der Waals surface area contributed by atoms with Crippen molar-refractivity contribution in [3.63, 3.8) is 0 Å². The summed E-state index contributed by atoms with van der Waals surface area (Å²) in [6, 6.07) is -3.90. The normalized spacial score (nSPS) is 17.6. The van der Waals surface area contributed by atoms with Crippen LogP contribution in [0.3, 0.4) is 0 Å². The van der Waals surface area contributed by atoms with Crippen molar-refractivity contribution >= 4 is 90.5 Å². The first kappa shape index (κ1) is 33.9. The zero-order valence-electron chi connectivity index (χ0n) is 92.4. The minimum absolute atomic E-state index is 0.0123. The number of ether oxygens (including phenoxy) is 1. The number of para-hydroxylation sites is 2. The lowest BCUT2D eigenvalue weighted by Gasteiger charge is -2.37. The van der Waals surface area contributed by atoms with Crippen molar-refractivity contribution in [1.82, 2.24) is 14.1 Å². The Balaban J connectivity index is 1.12. The topological polar surface area (TPSA) is 35.9 Å². The number of hydrogen-bond acceptors (Lipinski definition) is 2. The summed E-state index contributed by atoms with van der Waals surface area (Å²) in [5.41, 5.74) is -1.15. The van der Waals surface area contributed by atoms with E-state index in [0.29, 0.717) is 32.9 Å². The molecule has 16 aromatic rings. The van der Waals surface area contributed by atoms with E-state index in [9.17, 15) is 32.9 Å². The average molecular weight is 1360 g/mol. The van der Waals surface area contributed by atoms with Crippen molar-refractivity contribution in [3.8, 4) is 50.9 Å². The molecule has 0 fully saturated rings. The van der Waals surface area contributed by atoms with E-state index in [4.69, 9.17) is 28.9 Å². The molecule has 0 amide bonds. The van der Waals surface area contributed by atoms with Crippen molar-refractivity contribution in [2.24, 2.45) is 0 Å². The molecule has 13 aromatic carbocycles. The van der Waals surface area contributed by atoms with E-state index in [1.807, 2.05) is 47.6 Å². The highest BCUT2D eigenvalue weighted by molar-refractivity contribution is 7.20. The van der Waals surface area contributed by atoms with Crippen molar-refractivity contribution in [1.29, 1.82) is 0 Å². The number of pyridine rings is 1. The number of aryl methyl sites for hydroxylation is 1. The third-order valence-corrected chi connectivity index (χ3v) is 26.2. The predicted molar refractivity (Wildman–Crippen MR) is 423 cm³/mol. The highest BCUT2D eigenvalue weighted by Crippen LogP contribution is 2.39. The summed E-state index contributed by atoms with van der Waals surface area (Å²) in [6.45, 7) is 8.52. The summed E-state index contributed by atoms with van der Waals surface area (Å²) in [7, 11) is -12.5. The first-order chi connectivity index (χ1) is 64.5. The van der Waals surface area contributed by atoms with Gasteiger partial charge in [-0.1, -0.05) is 332 Å². The molecule has 0 aliphatic carbocycles. The lowest BCUT2D eigenvalue weighted by molar-refractivity contribution is -0.570. The fraction of sp³-hybridized carbons (Fsp3) is 0.0968. The van der Waals surface area contributed by atoms with Crippen molar-refractivity contribution in [2.45, 2.75) is 59.2 Å². The second kappa shape index (κ2) is 25.7. The second-order valence-electron chi connectivity index (χ2n) is 25.7. The number of hydrogen-bond donors (Lipinski definition) is 0. The SMILES string of the molecule is [2H]c1c([2H])c([2H])c(-c2cnc(-n3c4ccccc4c4ccc(Oc5cccc(-n6[c-][n+](-c7c(-c8cc(C(C)(C)C)cc(C(C)(C)C)c8)cccc7[Si](c7c([2H])c([2H])c([2H])c([2H])c7[2H])(c7c([2H])c([2H])c([2H])c([2H])c7[2H])c7c([2H])c([2H])c([2H])c([2H])c7[2H])c7ccc([Si](c8c([2H])c([2H])c([2H])c([2H])c8[2H])(c8c([2H])c([2H])c([2H])c([2H])c8[2H])c8c([2H])c([2H])c([2H])c([2H])c8[2H])cc76)c5)cc43)cc2C([2H])([2H])[2H])c([2H])c1[2H]. The van der Waals surface area contributed by atoms with Gasteiger partial charge in [0.05, 0.1) is 81.4 Å². The Morgan fingerprint density at radius 2 is 0.930 bits per heavy atom. The molecule has 0 N–H and O–H groups in total. The van der Waals surface area contributed by atoms with Crippen LogP contribution in [0.15, 0.2) is 345 Å². The number of imidazole rings is 1. The lowest BCUT2D eigenvalue weighted by Crippen LogP contribution is -2.76. The first-order valence-corrected chi connectivity index (χ1v) is 35.6. The standard InChI is InChI=1S/C93H78N4OSi2/c1-66-57-90(94-64-84(66)67-33-15-8-16-34-67)97-85-51-30-29-49-82(85)83-55-53-73(62-87(83)97)98-72-36-31-35-71(61-72)95-65-96(86-56-54-80(63-88(86)95)99(74-37-17-9-18-38-74,75-39-19-10-20-40-75)76-41-21-11-22-42-76)91-81(68-58-69(92(2,3)4)60-70(59-68)93(5,6)7)50-32-52-89(91)100(77-43-23-12-24-44-77,78-45-25-13-26-46-78)79-47-27-14-28-48-79/h8-64H,1-7H3/i1D3,8D,9D,10D,11D,12D,13D,14D,15D,16D,17D,18D,19D,20D,21D,22D,23D,24D,25D,26D,27D,28D,33D,34D,37D,38D,39D,40D,41D,42D,43D,44D,45D,46D,47D,48D. The summed E-state index contributed by atoms with van der Waals surface area (Å²) in [4.78, 5) is 4.73. The van der Waals surface area contributed by atoms with E-state index in [-0.39, 0.29) is 56.4 Å². The van der Waals surface area contributed by atoms with Gasteiger partial charge in [0, 0.05) is 32.7 Å². The van der Waals surface area contributed by atoms with Crippen molar-refractivity contribution in [3.05, 3.63) is 368 Å². The molecule has 3 aromatic heterocycles. The van der Waals surface area contributed by atoms with Crippen LogP contribution in [0.1, 0.15) is 110 Å². The Labute approximate surface area is 642 Å². The number of rotatable bonds is 15. The molecular weight excluding hydrogens is 1250 g/mol. The van der Waals surface area contributed by atoms with Gasteiger partial charge in [0.15, 0.2) is 16.1 Å². The third-order valence-electron chi connectivity index (χ3n) is 17.8. The van der Waals surface area contributed by atoms with Crippen molar-refractivity contribution < 1.29 is 61.4 Å². The Morgan fingerprint density at radius 3 is 1.48 bits per heavy atom. The summed E-state index contributed by atoms with van der Waals surface area (Å²) >= 11 is 0. The van der Waals surface area contributed by atoms with Crippen LogP contribution in [-0.2, 0) is 10.8 Å². The minimum atomic E-state index is -6.38. The number of aromatic nitrogens is 4. The van der Waals surface area contributed by atoms with Crippen LogP contribution in [0.5, 0.6) is 11.5 Å². The largest absolute Gasteiger partial charge is 0.458 e. The molecule has 0 spiro atoms. The van der Waals surface area contributed by atoms with Gasteiger partial charge in [0.2, 0.25) is 0 Å². The number of nitrogens with zero attached hydrogens (tertiary/aromatic N) is 4. The molecule has 0 atom stereocenters. The Hall–Kier alpha value is -11.5. The predicted octanol–water partition coefficient (Wildman–Crippen LogP) is 17.0. The minimum Gasteiger partial charge on any atom is -0.458 e. The maximum atomic E-state index is 10.4. The quantitative estimate of drug-likeness (QED) is 0.0444. The van der Waals surface area contributed by atoms with Gasteiger partial charge >= 0.3 is 0 Å². The van der Waals surface area contributed by atoms with E-state index in [1.165, 1.54) is 69.8 Å². The van der Waals surface area contributed by atoms with Gasteiger partial charge in [-0.3, -0.25) is 13.7 Å². The van der Waals surface area contributed by atoms with Gasteiger partial charge in [-0.15, -0.1) is 0 Å². The van der Waals surface area contributed by atoms with E-state index < -0.39 is 298 Å². The molecule has 484 valence electrons. The van der Waals surface area contributed by atoms with Crippen LogP contribution in [0.4, 0.5) is 0 Å². The molecule has 0 saturated heterocycles. The van der Waals surface area contributed by atoms with E-state index in [2.05, 4.69) is 6.33 Å². The summed E-state index contributed by atoms with van der Waals surface area (Å²) in [5.74, 6) is -0.0110. The highest BCUT2D eigenvalue weighted by Gasteiger charge is 2.45. The molecular formula is C93H78N4OSi2. The fourth-order valence-corrected chi connectivity index (χ4v) is 20.9. The van der Waals surface area contributed by atoms with Gasteiger partial charge in [0.1, 0.15) is 17.3 Å². The average Bonchev–Trinajstić information content (AvgIpc) is 0.947. The number of benzene rings is 13. The second-order valence-corrected chi connectivity index (χ2v) is 32.8. The van der Waals surface area contributed by atoms with Crippen LogP contribution in [-0.4, -0.2) is 30.3 Å². The van der Waals surface area contributed by atoms with Gasteiger partial charge in [-0.2, -0.15) is 0 Å². The summed E-state index contributed by atoms with van der Waals surface area (Å²) in [6.07, 6.45) is 4.58. The molecule has 0 unspecified atom stereocenters. The lowest BCUT2D eigenvalue weighted by atomic mass is 9.79. The molecule has 3 heterocycles. The van der Waals surface area contributed by atoms with Gasteiger partial charge in [-0.25, -0.2) is 4.98 Å². The van der Waals surface area contributed by atoms with E-state index in [1.54, 1.807) is 65.2 Å². The van der Waals surface area contributed by atoms with Crippen LogP contribution in [0, 0.1) is 13.2 Å². The Kier molecular flexibility index (Phi) is 8.71. The summed E-state index contributed by atoms with van der Waals surface area (Å²) in [5, 5.41) is -5.20. The maximum Gasteiger partial charge on any atom is 0.269 e. The Morgan fingerprint density at radius 1 is 0.420 bits per heavy atom. The van der Waals surface area contributed by atoms with Crippen LogP contribution < -0.4 is 50.8 Å². The molecule has 7 heteroatoms. The molecule has 0 aliphatic heterocycles. The maximum absolute atomic E-state index is 10.4. The smallest absolute Gasteiger partial charge is 0.269 e. The molecule has 0 bridgehead atoms. The van der Waals surface area contributed by atoms with E-state index in [0.717, 1.165) is 6.20 Å². The summed E-state index contributed by atoms with van der Waals surface area (Å²) < 4.78 is 373. The van der Waals surface area contributed by atoms with Crippen LogP contribution >= 0.6 is 0 Å². The van der Waals surface area contributed by atoms with Crippen LogP contribution in [0.25, 0.3) is 72.3 Å². The van der Waals surface area contributed by atoms with Gasteiger partial charge in [-0.05, 0) is 135 Å². The molecule has 16 rings (SSSR count). The fourth-order valence-electron chi connectivity index (χ4n) is 13.1. The van der Waals surface area contributed by atoms with Crippen LogP contribution in [0.2, 0.25) is 0 Å². The van der Waals surface area contributed by atoms with Gasteiger partial charge < -0.3 is 4.74 Å². The highest BCUT2D eigenvalue weighted by atomic mass is 28.3. The molecule has 0 aliphatic rings. The van der Waals surface area contributed by atoms with E-state index >= 15 is 0 Å². The Bertz CT molecular complexity index is 7460. The van der Waals surface area contributed by atoms with Crippen molar-refractivity contribution in [2.75, 3.05) is 0 Å². The number of fused-ring (bicyclic) bond motifs is 4. The third kappa shape index (κ3) is 11.1. The molecule has 0 saturated carbocycles.